The van der Waals surface area contributed by atoms with Crippen LogP contribution in [0.25, 0.3) is 0 Å². The van der Waals surface area contributed by atoms with Gasteiger partial charge in [-0.15, -0.1) is 0 Å². The maximum absolute atomic E-state index is 12.1. The second kappa shape index (κ2) is 7.49. The zero-order chi connectivity index (χ0) is 16.9. The highest BCUT2D eigenvalue weighted by Crippen LogP contribution is 2.44. The second-order valence-corrected chi connectivity index (χ2v) is 6.47. The Balaban J connectivity index is 1.76. The Labute approximate surface area is 137 Å². The second-order valence-electron chi connectivity index (χ2n) is 6.47. The molecule has 1 aromatic rings. The molecule has 1 aliphatic rings. The van der Waals surface area contributed by atoms with Crippen molar-refractivity contribution in [2.45, 2.75) is 51.5 Å². The van der Waals surface area contributed by atoms with Gasteiger partial charge < -0.3 is 15.2 Å². The summed E-state index contributed by atoms with van der Waals surface area (Å²) >= 11 is 0. The van der Waals surface area contributed by atoms with Crippen molar-refractivity contribution in [1.29, 1.82) is 0 Å². The van der Waals surface area contributed by atoms with Crippen LogP contribution < -0.4 is 10.1 Å². The first kappa shape index (κ1) is 17.3. The van der Waals surface area contributed by atoms with Crippen molar-refractivity contribution in [1.82, 2.24) is 5.32 Å². The number of aryl methyl sites for hydroxylation is 1. The van der Waals surface area contributed by atoms with E-state index in [9.17, 15) is 14.7 Å². The van der Waals surface area contributed by atoms with Gasteiger partial charge in [-0.1, -0.05) is 18.6 Å². The molecule has 0 heterocycles. The molecule has 0 spiro atoms. The highest BCUT2D eigenvalue weighted by molar-refractivity contribution is 5.85. The lowest BCUT2D eigenvalue weighted by Gasteiger charge is -2.37. The van der Waals surface area contributed by atoms with Crippen LogP contribution in [0.3, 0.4) is 0 Å². The minimum Gasteiger partial charge on any atom is -0.497 e. The van der Waals surface area contributed by atoms with Gasteiger partial charge >= 0.3 is 5.97 Å². The average Bonchev–Trinajstić information content (AvgIpc) is 2.49. The van der Waals surface area contributed by atoms with Crippen LogP contribution in [0.1, 0.15) is 44.6 Å². The number of rotatable bonds is 8. The van der Waals surface area contributed by atoms with Crippen LogP contribution in [0, 0.1) is 5.41 Å². The maximum atomic E-state index is 12.1. The summed E-state index contributed by atoms with van der Waals surface area (Å²) in [6.45, 7) is 1.95. The van der Waals surface area contributed by atoms with Crippen LogP contribution in [0.4, 0.5) is 0 Å². The fraction of sp³-hybridized carbons (Fsp3) is 0.556. The first-order chi connectivity index (χ1) is 10.9. The molecule has 0 aliphatic heterocycles. The standard InChI is InChI=1S/C18H25NO4/c1-13(4-5-14-6-8-15(23-2)9-7-14)19-16(20)12-18(17(21)22)10-3-11-18/h6-9,13H,3-5,10-12H2,1-2H3,(H,19,20)(H,21,22). The van der Waals surface area contributed by atoms with Crippen molar-refractivity contribution in [3.05, 3.63) is 29.8 Å². The largest absolute Gasteiger partial charge is 0.497 e. The minimum absolute atomic E-state index is 0.0236. The predicted octanol–water partition coefficient (Wildman–Crippen LogP) is 2.78. The fourth-order valence-corrected chi connectivity index (χ4v) is 2.95. The van der Waals surface area contributed by atoms with Crippen LogP contribution in [0.2, 0.25) is 0 Å². The number of carbonyl (C=O) groups excluding carboxylic acids is 1. The Morgan fingerprint density at radius 2 is 1.96 bits per heavy atom. The predicted molar refractivity (Wildman–Crippen MR) is 87.5 cm³/mol. The number of hydrogen-bond acceptors (Lipinski definition) is 3. The van der Waals surface area contributed by atoms with Crippen molar-refractivity contribution in [2.75, 3.05) is 7.11 Å². The third kappa shape index (κ3) is 4.47. The molecule has 2 rings (SSSR count). The van der Waals surface area contributed by atoms with E-state index < -0.39 is 11.4 Å². The smallest absolute Gasteiger partial charge is 0.310 e. The normalized spacial score (nSPS) is 17.0. The molecule has 1 unspecified atom stereocenters. The Morgan fingerprint density at radius 3 is 2.43 bits per heavy atom. The summed E-state index contributed by atoms with van der Waals surface area (Å²) in [4.78, 5) is 23.4. The highest BCUT2D eigenvalue weighted by Gasteiger charge is 2.45. The Kier molecular flexibility index (Phi) is 5.64. The van der Waals surface area contributed by atoms with Crippen molar-refractivity contribution in [3.8, 4) is 5.75 Å². The lowest BCUT2D eigenvalue weighted by molar-refractivity contribution is -0.157. The third-order valence-corrected chi connectivity index (χ3v) is 4.70. The minimum atomic E-state index is -0.843. The monoisotopic (exact) mass is 319 g/mol. The average molecular weight is 319 g/mol. The Bertz CT molecular complexity index is 549. The molecule has 0 aromatic heterocycles. The molecular formula is C18H25NO4. The SMILES string of the molecule is COc1ccc(CCC(C)NC(=O)CC2(C(=O)O)CCC2)cc1. The molecule has 0 saturated heterocycles. The van der Waals surface area contributed by atoms with E-state index in [-0.39, 0.29) is 18.4 Å². The summed E-state index contributed by atoms with van der Waals surface area (Å²) in [7, 11) is 1.64. The van der Waals surface area contributed by atoms with Crippen molar-refractivity contribution < 1.29 is 19.4 Å². The molecule has 1 saturated carbocycles. The maximum Gasteiger partial charge on any atom is 0.310 e. The molecule has 1 atom stereocenters. The molecule has 5 heteroatoms. The van der Waals surface area contributed by atoms with Gasteiger partial charge in [-0.2, -0.15) is 0 Å². The molecule has 1 aromatic carbocycles. The van der Waals surface area contributed by atoms with Gasteiger partial charge in [0, 0.05) is 12.5 Å². The van der Waals surface area contributed by atoms with Gasteiger partial charge in [-0.25, -0.2) is 0 Å². The van der Waals surface area contributed by atoms with E-state index in [1.54, 1.807) is 7.11 Å². The number of amides is 1. The van der Waals surface area contributed by atoms with Crippen molar-refractivity contribution in [2.24, 2.45) is 5.41 Å². The van der Waals surface area contributed by atoms with E-state index in [1.807, 2.05) is 31.2 Å². The van der Waals surface area contributed by atoms with E-state index >= 15 is 0 Å². The van der Waals surface area contributed by atoms with Crippen LogP contribution in [0.5, 0.6) is 5.75 Å². The quantitative estimate of drug-likeness (QED) is 0.772. The zero-order valence-corrected chi connectivity index (χ0v) is 13.8. The van der Waals surface area contributed by atoms with Crippen molar-refractivity contribution >= 4 is 11.9 Å². The molecule has 0 radical (unpaired) electrons. The number of aliphatic carboxylic acids is 1. The summed E-state index contributed by atoms with van der Waals surface area (Å²) in [5.74, 6) is -0.173. The zero-order valence-electron chi connectivity index (χ0n) is 13.8. The van der Waals surface area contributed by atoms with Crippen LogP contribution in [0.15, 0.2) is 24.3 Å². The van der Waals surface area contributed by atoms with Gasteiger partial charge in [0.1, 0.15) is 5.75 Å². The number of ether oxygens (including phenoxy) is 1. The summed E-state index contributed by atoms with van der Waals surface area (Å²) in [5.41, 5.74) is 0.368. The number of carboxylic acids is 1. The number of benzene rings is 1. The summed E-state index contributed by atoms with van der Waals surface area (Å²) in [5, 5.41) is 12.2. The number of hydrogen-bond donors (Lipinski definition) is 2. The van der Waals surface area contributed by atoms with Gasteiger partial charge in [0.15, 0.2) is 0 Å². The number of nitrogens with one attached hydrogen (secondary N) is 1. The number of carbonyl (C=O) groups is 2. The summed E-state index contributed by atoms with van der Waals surface area (Å²) in [6, 6.07) is 7.90. The molecule has 1 aliphatic carbocycles. The van der Waals surface area contributed by atoms with Gasteiger partial charge in [-0.05, 0) is 50.3 Å². The number of carboxylic acid groups (broad SMARTS) is 1. The molecule has 2 N–H and O–H groups in total. The van der Waals surface area contributed by atoms with Crippen LogP contribution >= 0.6 is 0 Å². The van der Waals surface area contributed by atoms with Gasteiger partial charge in [0.25, 0.3) is 0 Å². The van der Waals surface area contributed by atoms with Gasteiger partial charge in [0.2, 0.25) is 5.91 Å². The lowest BCUT2D eigenvalue weighted by Crippen LogP contribution is -2.44. The van der Waals surface area contributed by atoms with E-state index in [4.69, 9.17) is 4.74 Å². The van der Waals surface area contributed by atoms with E-state index in [2.05, 4.69) is 5.32 Å². The Hall–Kier alpha value is -2.04. The lowest BCUT2D eigenvalue weighted by atomic mass is 9.66. The summed E-state index contributed by atoms with van der Waals surface area (Å²) < 4.78 is 5.12. The molecule has 0 bridgehead atoms. The van der Waals surface area contributed by atoms with Gasteiger partial charge in [0.05, 0.1) is 12.5 Å². The molecule has 1 amide bonds. The first-order valence-corrected chi connectivity index (χ1v) is 8.11. The molecular weight excluding hydrogens is 294 g/mol. The van der Waals surface area contributed by atoms with E-state index in [1.165, 1.54) is 5.56 Å². The van der Waals surface area contributed by atoms with Crippen LogP contribution in [-0.2, 0) is 16.0 Å². The molecule has 1 fully saturated rings. The topological polar surface area (TPSA) is 75.6 Å². The molecule has 23 heavy (non-hydrogen) atoms. The van der Waals surface area contributed by atoms with Crippen molar-refractivity contribution in [3.63, 3.8) is 0 Å². The summed E-state index contributed by atoms with van der Waals surface area (Å²) in [6.07, 6.45) is 3.88. The van der Waals surface area contributed by atoms with Gasteiger partial charge in [-0.3, -0.25) is 9.59 Å². The fourth-order valence-electron chi connectivity index (χ4n) is 2.95. The molecule has 5 nitrogen and oxygen atoms in total. The Morgan fingerprint density at radius 1 is 1.30 bits per heavy atom. The van der Waals surface area contributed by atoms with E-state index in [0.717, 1.165) is 25.0 Å². The highest BCUT2D eigenvalue weighted by atomic mass is 16.5. The molecule has 126 valence electrons. The first-order valence-electron chi connectivity index (χ1n) is 8.11. The van der Waals surface area contributed by atoms with Crippen LogP contribution in [-0.4, -0.2) is 30.1 Å². The third-order valence-electron chi connectivity index (χ3n) is 4.70. The number of methoxy groups -OCH3 is 1. The van der Waals surface area contributed by atoms with E-state index in [0.29, 0.717) is 12.8 Å².